The Morgan fingerprint density at radius 3 is 2.30 bits per heavy atom. The minimum atomic E-state index is -3.57. The molecule has 0 atom stereocenters. The van der Waals surface area contributed by atoms with Gasteiger partial charge in [0.2, 0.25) is 15.9 Å². The molecule has 8 nitrogen and oxygen atoms in total. The first kappa shape index (κ1) is 23.5. The molecule has 0 radical (unpaired) electrons. The van der Waals surface area contributed by atoms with E-state index in [4.69, 9.17) is 16.3 Å². The molecule has 0 aliphatic heterocycles. The van der Waals surface area contributed by atoms with Crippen molar-refractivity contribution in [2.24, 2.45) is 0 Å². The summed E-state index contributed by atoms with van der Waals surface area (Å²) in [5, 5.41) is 2.99. The van der Waals surface area contributed by atoms with Crippen molar-refractivity contribution in [1.82, 2.24) is 0 Å². The van der Waals surface area contributed by atoms with Crippen LogP contribution in [0.15, 0.2) is 42.5 Å². The Morgan fingerprint density at radius 1 is 1.10 bits per heavy atom. The van der Waals surface area contributed by atoms with Crippen molar-refractivity contribution in [2.45, 2.75) is 12.8 Å². The lowest BCUT2D eigenvalue weighted by molar-refractivity contribution is -0.116. The molecular formula is C20H23ClN2O6S. The van der Waals surface area contributed by atoms with Gasteiger partial charge in [-0.05, 0) is 48.9 Å². The number of carbonyl (C=O) groups is 2. The van der Waals surface area contributed by atoms with Crippen LogP contribution in [0.25, 0.3) is 0 Å². The SMILES string of the molecule is COC(=O)c1ccc(NC(=O)CCCN(c2ccc(OC)c(Cl)c2)S(C)(=O)=O)cc1. The van der Waals surface area contributed by atoms with E-state index in [1.165, 1.54) is 24.6 Å². The van der Waals surface area contributed by atoms with E-state index in [0.29, 0.717) is 29.1 Å². The van der Waals surface area contributed by atoms with Gasteiger partial charge in [0.15, 0.2) is 0 Å². The second kappa shape index (κ2) is 10.3. The minimum absolute atomic E-state index is 0.106. The second-order valence-corrected chi connectivity index (χ2v) is 8.69. The molecular weight excluding hydrogens is 432 g/mol. The average molecular weight is 455 g/mol. The van der Waals surface area contributed by atoms with Gasteiger partial charge in [-0.2, -0.15) is 0 Å². The van der Waals surface area contributed by atoms with Crippen LogP contribution in [-0.4, -0.2) is 47.3 Å². The number of rotatable bonds is 9. The van der Waals surface area contributed by atoms with Crippen LogP contribution in [0.4, 0.5) is 11.4 Å². The number of methoxy groups -OCH3 is 2. The molecule has 0 fully saturated rings. The first-order valence-corrected chi connectivity index (χ1v) is 11.2. The van der Waals surface area contributed by atoms with Gasteiger partial charge in [-0.25, -0.2) is 13.2 Å². The summed E-state index contributed by atoms with van der Waals surface area (Å²) < 4.78 is 35.3. The van der Waals surface area contributed by atoms with Crippen LogP contribution < -0.4 is 14.4 Å². The van der Waals surface area contributed by atoms with Crippen LogP contribution in [0.1, 0.15) is 23.2 Å². The Morgan fingerprint density at radius 2 is 1.77 bits per heavy atom. The normalized spacial score (nSPS) is 10.9. The highest BCUT2D eigenvalue weighted by atomic mass is 35.5. The zero-order valence-corrected chi connectivity index (χ0v) is 18.4. The van der Waals surface area contributed by atoms with Crippen LogP contribution in [0, 0.1) is 0 Å². The first-order valence-electron chi connectivity index (χ1n) is 8.95. The fourth-order valence-corrected chi connectivity index (χ4v) is 3.92. The van der Waals surface area contributed by atoms with E-state index < -0.39 is 16.0 Å². The Balaban J connectivity index is 1.97. The topological polar surface area (TPSA) is 102 Å². The number of benzene rings is 2. The van der Waals surface area contributed by atoms with Gasteiger partial charge in [0.25, 0.3) is 0 Å². The summed E-state index contributed by atoms with van der Waals surface area (Å²) >= 11 is 6.10. The van der Waals surface area contributed by atoms with Crippen LogP contribution in [-0.2, 0) is 19.6 Å². The zero-order chi connectivity index (χ0) is 22.3. The number of nitrogens with one attached hydrogen (secondary N) is 1. The van der Waals surface area contributed by atoms with Crippen molar-refractivity contribution in [3.05, 3.63) is 53.1 Å². The van der Waals surface area contributed by atoms with E-state index in [1.54, 1.807) is 36.4 Å². The van der Waals surface area contributed by atoms with Crippen molar-refractivity contribution in [3.63, 3.8) is 0 Å². The number of carbonyl (C=O) groups excluding carboxylic acids is 2. The molecule has 2 aromatic rings. The quantitative estimate of drug-likeness (QED) is 0.583. The summed E-state index contributed by atoms with van der Waals surface area (Å²) in [5.74, 6) is -0.305. The maximum absolute atomic E-state index is 12.2. The maximum Gasteiger partial charge on any atom is 0.337 e. The molecule has 162 valence electrons. The number of nitrogens with zero attached hydrogens (tertiary/aromatic N) is 1. The third-order valence-corrected chi connectivity index (χ3v) is 5.67. The van der Waals surface area contributed by atoms with Crippen LogP contribution >= 0.6 is 11.6 Å². The summed E-state index contributed by atoms with van der Waals surface area (Å²) in [6.07, 6.45) is 1.49. The largest absolute Gasteiger partial charge is 0.495 e. The van der Waals surface area contributed by atoms with Crippen LogP contribution in [0.3, 0.4) is 0 Å². The number of halogens is 1. The van der Waals surface area contributed by atoms with E-state index in [1.807, 2.05) is 0 Å². The Kier molecular flexibility index (Phi) is 8.08. The molecule has 1 N–H and O–H groups in total. The van der Waals surface area contributed by atoms with Crippen molar-refractivity contribution in [3.8, 4) is 5.75 Å². The lowest BCUT2D eigenvalue weighted by atomic mass is 10.2. The highest BCUT2D eigenvalue weighted by molar-refractivity contribution is 7.92. The number of ether oxygens (including phenoxy) is 2. The summed E-state index contributed by atoms with van der Waals surface area (Å²) in [5.41, 5.74) is 1.29. The predicted octanol–water partition coefficient (Wildman–Crippen LogP) is 3.32. The lowest BCUT2D eigenvalue weighted by Crippen LogP contribution is -2.31. The molecule has 10 heteroatoms. The van der Waals surface area contributed by atoms with Gasteiger partial charge in [-0.3, -0.25) is 9.10 Å². The van der Waals surface area contributed by atoms with E-state index in [9.17, 15) is 18.0 Å². The molecule has 0 spiro atoms. The molecule has 0 unspecified atom stereocenters. The Hall–Kier alpha value is -2.78. The van der Waals surface area contributed by atoms with Crippen molar-refractivity contribution >= 4 is 44.9 Å². The summed E-state index contributed by atoms with van der Waals surface area (Å²) in [4.78, 5) is 23.6. The summed E-state index contributed by atoms with van der Waals surface area (Å²) in [6, 6.07) is 10.9. The Bertz CT molecular complexity index is 1010. The van der Waals surface area contributed by atoms with Gasteiger partial charge < -0.3 is 14.8 Å². The zero-order valence-electron chi connectivity index (χ0n) is 16.8. The van der Waals surface area contributed by atoms with Gasteiger partial charge in [0.1, 0.15) is 5.75 Å². The maximum atomic E-state index is 12.2. The first-order chi connectivity index (χ1) is 14.2. The number of hydrogen-bond acceptors (Lipinski definition) is 6. The van der Waals surface area contributed by atoms with Gasteiger partial charge in [-0.15, -0.1) is 0 Å². The van der Waals surface area contributed by atoms with Crippen molar-refractivity contribution < 1.29 is 27.5 Å². The predicted molar refractivity (Wildman–Crippen MR) is 116 cm³/mol. The van der Waals surface area contributed by atoms with Gasteiger partial charge >= 0.3 is 5.97 Å². The monoisotopic (exact) mass is 454 g/mol. The van der Waals surface area contributed by atoms with Crippen LogP contribution in [0.5, 0.6) is 5.75 Å². The summed E-state index contributed by atoms with van der Waals surface area (Å²) in [7, 11) is -0.810. The number of hydrogen-bond donors (Lipinski definition) is 1. The highest BCUT2D eigenvalue weighted by Gasteiger charge is 2.19. The van der Waals surface area contributed by atoms with E-state index in [2.05, 4.69) is 10.1 Å². The average Bonchev–Trinajstić information content (AvgIpc) is 2.70. The fraction of sp³-hybridized carbons (Fsp3) is 0.300. The van der Waals surface area contributed by atoms with Gasteiger partial charge in [-0.1, -0.05) is 11.6 Å². The molecule has 0 aromatic heterocycles. The van der Waals surface area contributed by atoms with E-state index in [-0.39, 0.29) is 23.9 Å². The molecule has 2 rings (SSSR count). The van der Waals surface area contributed by atoms with Gasteiger partial charge in [0.05, 0.1) is 36.7 Å². The smallest absolute Gasteiger partial charge is 0.337 e. The van der Waals surface area contributed by atoms with E-state index in [0.717, 1.165) is 6.26 Å². The number of anilines is 2. The van der Waals surface area contributed by atoms with Gasteiger partial charge in [0, 0.05) is 18.7 Å². The number of amides is 1. The molecule has 0 aliphatic rings. The standard InChI is InChI=1S/C20H23ClN2O6S/c1-28-18-11-10-16(13-17(18)21)23(30(3,26)27)12-4-5-19(24)22-15-8-6-14(7-9-15)20(25)29-2/h6-11,13H,4-5,12H2,1-3H3,(H,22,24). The van der Waals surface area contributed by atoms with Crippen LogP contribution in [0.2, 0.25) is 5.02 Å². The number of sulfonamides is 1. The third-order valence-electron chi connectivity index (χ3n) is 4.18. The molecule has 0 aliphatic carbocycles. The molecule has 0 bridgehead atoms. The molecule has 0 saturated heterocycles. The third kappa shape index (κ3) is 6.36. The Labute approximate surface area is 180 Å². The molecule has 2 aromatic carbocycles. The highest BCUT2D eigenvalue weighted by Crippen LogP contribution is 2.30. The second-order valence-electron chi connectivity index (χ2n) is 6.37. The molecule has 0 heterocycles. The molecule has 0 saturated carbocycles. The fourth-order valence-electron chi connectivity index (χ4n) is 2.71. The molecule has 30 heavy (non-hydrogen) atoms. The lowest BCUT2D eigenvalue weighted by Gasteiger charge is -2.23. The van der Waals surface area contributed by atoms with Crippen molar-refractivity contribution in [2.75, 3.05) is 36.6 Å². The summed E-state index contributed by atoms with van der Waals surface area (Å²) in [6.45, 7) is 0.107. The number of esters is 1. The van der Waals surface area contributed by atoms with Crippen molar-refractivity contribution in [1.29, 1.82) is 0 Å². The minimum Gasteiger partial charge on any atom is -0.495 e. The molecule has 1 amide bonds. The van der Waals surface area contributed by atoms with E-state index >= 15 is 0 Å².